The van der Waals surface area contributed by atoms with Gasteiger partial charge in [0.25, 0.3) is 0 Å². The first-order valence-electron chi connectivity index (χ1n) is 14.1. The third-order valence-corrected chi connectivity index (χ3v) is 13.9. The van der Waals surface area contributed by atoms with Gasteiger partial charge in [-0.15, -0.1) is 0 Å². The van der Waals surface area contributed by atoms with E-state index in [9.17, 15) is 0 Å². The van der Waals surface area contributed by atoms with Crippen LogP contribution in [0.1, 0.15) is 119 Å². The van der Waals surface area contributed by atoms with Crippen LogP contribution < -0.4 is 0 Å². The molecule has 9 atom stereocenters. The van der Waals surface area contributed by atoms with Crippen molar-refractivity contribution in [1.29, 1.82) is 0 Å². The molecule has 1 spiro atoms. The maximum Gasteiger partial charge on any atom is 0.0530 e. The molecule has 5 saturated carbocycles. The summed E-state index contributed by atoms with van der Waals surface area (Å²) in [7, 11) is 0. The van der Waals surface area contributed by atoms with Crippen molar-refractivity contribution in [2.45, 2.75) is 119 Å². The third kappa shape index (κ3) is 2.49. The fourth-order valence-corrected chi connectivity index (χ4v) is 11.8. The van der Waals surface area contributed by atoms with Crippen LogP contribution in [0.2, 0.25) is 0 Å². The van der Waals surface area contributed by atoms with Crippen LogP contribution in [-0.2, 0) is 4.74 Å². The summed E-state index contributed by atoms with van der Waals surface area (Å²) < 4.78 is 6.82. The summed E-state index contributed by atoms with van der Waals surface area (Å²) in [6.45, 7) is 18.1. The van der Waals surface area contributed by atoms with Gasteiger partial charge >= 0.3 is 0 Å². The number of rotatable bonds is 0. The van der Waals surface area contributed by atoms with Crippen molar-refractivity contribution in [3.63, 3.8) is 0 Å². The number of fused-ring (bicyclic) bond motifs is 3. The summed E-state index contributed by atoms with van der Waals surface area (Å²) in [4.78, 5) is 0. The van der Waals surface area contributed by atoms with Crippen LogP contribution in [-0.4, -0.2) is 13.2 Å². The summed E-state index contributed by atoms with van der Waals surface area (Å²) in [5, 5.41) is 0. The van der Waals surface area contributed by atoms with E-state index in [1.807, 2.05) is 0 Å². The minimum atomic E-state index is 0.461. The van der Waals surface area contributed by atoms with Crippen LogP contribution in [0, 0.1) is 56.2 Å². The Bertz CT molecular complexity index is 756. The molecular formula is C30H50O. The Labute approximate surface area is 192 Å². The minimum Gasteiger partial charge on any atom is -0.380 e. The summed E-state index contributed by atoms with van der Waals surface area (Å²) in [6, 6.07) is 0. The highest BCUT2D eigenvalue weighted by molar-refractivity contribution is 5.22. The molecule has 0 aromatic rings. The van der Waals surface area contributed by atoms with E-state index in [2.05, 4.69) is 41.5 Å². The Morgan fingerprint density at radius 3 is 2.26 bits per heavy atom. The molecule has 0 radical (unpaired) electrons. The minimum absolute atomic E-state index is 0.461. The summed E-state index contributed by atoms with van der Waals surface area (Å²) in [5.41, 5.74) is 3.12. The van der Waals surface area contributed by atoms with Crippen LogP contribution >= 0.6 is 0 Å². The van der Waals surface area contributed by atoms with Crippen LogP contribution in [0.5, 0.6) is 0 Å². The van der Waals surface area contributed by atoms with Crippen LogP contribution in [0.15, 0.2) is 0 Å². The highest BCUT2D eigenvalue weighted by atomic mass is 16.5. The molecule has 6 aliphatic rings. The normalized spacial score (nSPS) is 60.2. The highest BCUT2D eigenvalue weighted by Gasteiger charge is 2.74. The molecule has 0 unspecified atom stereocenters. The molecule has 1 heteroatoms. The van der Waals surface area contributed by atoms with Gasteiger partial charge in [-0.2, -0.15) is 0 Å². The Morgan fingerprint density at radius 1 is 0.677 bits per heavy atom. The van der Waals surface area contributed by atoms with Crippen molar-refractivity contribution in [2.75, 3.05) is 13.2 Å². The van der Waals surface area contributed by atoms with E-state index >= 15 is 0 Å². The largest absolute Gasteiger partial charge is 0.380 e. The van der Waals surface area contributed by atoms with Crippen molar-refractivity contribution in [1.82, 2.24) is 0 Å². The molecule has 2 bridgehead atoms. The maximum atomic E-state index is 6.82. The molecule has 6 fully saturated rings. The quantitative estimate of drug-likeness (QED) is 0.379. The molecule has 1 heterocycles. The fraction of sp³-hybridized carbons (Fsp3) is 1.00. The summed E-state index contributed by atoms with van der Waals surface area (Å²) >= 11 is 0. The van der Waals surface area contributed by atoms with Gasteiger partial charge in [0.05, 0.1) is 13.2 Å². The number of hydrogen-bond acceptors (Lipinski definition) is 1. The molecule has 1 saturated heterocycles. The van der Waals surface area contributed by atoms with Crippen molar-refractivity contribution in [3.8, 4) is 0 Å². The van der Waals surface area contributed by atoms with Gasteiger partial charge in [0.1, 0.15) is 0 Å². The molecule has 0 aromatic carbocycles. The molecule has 176 valence electrons. The van der Waals surface area contributed by atoms with Gasteiger partial charge in [0.2, 0.25) is 0 Å². The van der Waals surface area contributed by atoms with Crippen LogP contribution in [0.3, 0.4) is 0 Å². The van der Waals surface area contributed by atoms with Gasteiger partial charge in [-0.3, -0.25) is 0 Å². The molecule has 6 rings (SSSR count). The number of ether oxygens (including phenoxy) is 1. The third-order valence-electron chi connectivity index (χ3n) is 13.9. The lowest BCUT2D eigenvalue weighted by Crippen LogP contribution is -2.73. The average molecular weight is 427 g/mol. The second kappa shape index (κ2) is 6.34. The standard InChI is InChI=1S/C30H50O/c1-21-8-7-9-22-27(21,5)11-10-23-29(22)16-15-28(6)24-18-25(2,3)12-13-26(24,4)14-17-30(23,28)20-31-19-29/h21-24H,7-20H2,1-6H3/t21-,22+,23-,24+,26+,27+,28-,29+,30-/m0/s1. The Hall–Kier alpha value is -0.0400. The van der Waals surface area contributed by atoms with E-state index in [0.29, 0.717) is 32.5 Å². The van der Waals surface area contributed by atoms with Crippen LogP contribution in [0.25, 0.3) is 0 Å². The molecule has 5 aliphatic carbocycles. The average Bonchev–Trinajstić information content (AvgIpc) is 2.72. The molecule has 31 heavy (non-hydrogen) atoms. The second-order valence-electron chi connectivity index (χ2n) is 15.4. The zero-order valence-corrected chi connectivity index (χ0v) is 21.6. The van der Waals surface area contributed by atoms with Crippen molar-refractivity contribution in [3.05, 3.63) is 0 Å². The van der Waals surface area contributed by atoms with Crippen LogP contribution in [0.4, 0.5) is 0 Å². The van der Waals surface area contributed by atoms with Gasteiger partial charge in [-0.05, 0) is 110 Å². The van der Waals surface area contributed by atoms with Crippen molar-refractivity contribution in [2.24, 2.45) is 56.2 Å². The van der Waals surface area contributed by atoms with Crippen molar-refractivity contribution >= 4 is 0 Å². The van der Waals surface area contributed by atoms with Crippen molar-refractivity contribution < 1.29 is 4.74 Å². The summed E-state index contributed by atoms with van der Waals surface area (Å²) in [5.74, 6) is 3.66. The van der Waals surface area contributed by atoms with E-state index in [0.717, 1.165) is 36.9 Å². The Kier molecular flexibility index (Phi) is 4.39. The van der Waals surface area contributed by atoms with Gasteiger partial charge < -0.3 is 4.74 Å². The van der Waals surface area contributed by atoms with Gasteiger partial charge in [0.15, 0.2) is 0 Å². The van der Waals surface area contributed by atoms with E-state index < -0.39 is 0 Å². The lowest BCUT2D eigenvalue weighted by atomic mass is 9.29. The molecule has 0 N–H and O–H groups in total. The first-order chi connectivity index (χ1) is 14.5. The predicted molar refractivity (Wildman–Crippen MR) is 129 cm³/mol. The molecule has 0 aromatic heterocycles. The second-order valence-corrected chi connectivity index (χ2v) is 15.4. The monoisotopic (exact) mass is 426 g/mol. The smallest absolute Gasteiger partial charge is 0.0530 e. The SMILES string of the molecule is C[C@H]1CCC[C@@H]2[C@]1(C)CC[C@H]1[C@@]23CC[C@@]2(C)[C@@H]4CC(C)(C)CC[C@]4(C)CC[C@]12COC3. The van der Waals surface area contributed by atoms with E-state index in [-0.39, 0.29) is 0 Å². The highest BCUT2D eigenvalue weighted by Crippen LogP contribution is 2.79. The predicted octanol–water partition coefficient (Wildman–Crippen LogP) is 8.27. The lowest BCUT2D eigenvalue weighted by molar-refractivity contribution is -0.323. The zero-order valence-electron chi connectivity index (χ0n) is 21.6. The Balaban J connectivity index is 1.44. The molecular weight excluding hydrogens is 376 g/mol. The van der Waals surface area contributed by atoms with Gasteiger partial charge in [-0.25, -0.2) is 0 Å². The first kappa shape index (κ1) is 21.5. The van der Waals surface area contributed by atoms with Gasteiger partial charge in [-0.1, -0.05) is 54.4 Å². The van der Waals surface area contributed by atoms with E-state index in [1.54, 1.807) is 0 Å². The fourth-order valence-electron chi connectivity index (χ4n) is 11.8. The summed E-state index contributed by atoms with van der Waals surface area (Å²) in [6.07, 6.45) is 17.7. The van der Waals surface area contributed by atoms with E-state index in [1.165, 1.54) is 77.0 Å². The first-order valence-corrected chi connectivity index (χ1v) is 14.1. The Morgan fingerprint density at radius 2 is 1.45 bits per heavy atom. The van der Waals surface area contributed by atoms with Gasteiger partial charge in [0, 0.05) is 10.8 Å². The maximum absolute atomic E-state index is 6.82. The topological polar surface area (TPSA) is 9.23 Å². The molecule has 1 aliphatic heterocycles. The number of hydrogen-bond donors (Lipinski definition) is 0. The molecule has 1 nitrogen and oxygen atoms in total. The lowest BCUT2D eigenvalue weighted by Gasteiger charge is -2.77. The zero-order chi connectivity index (χ0) is 21.9. The van der Waals surface area contributed by atoms with E-state index in [4.69, 9.17) is 4.74 Å². The molecule has 0 amide bonds.